The van der Waals surface area contributed by atoms with Gasteiger partial charge < -0.3 is 5.32 Å². The summed E-state index contributed by atoms with van der Waals surface area (Å²) < 4.78 is 0. The van der Waals surface area contributed by atoms with E-state index < -0.39 is 0 Å². The summed E-state index contributed by atoms with van der Waals surface area (Å²) in [6.45, 7) is 4.18. The molecule has 1 aliphatic rings. The van der Waals surface area contributed by atoms with E-state index in [0.717, 1.165) is 6.54 Å². The number of nitrogens with one attached hydrogen (secondary N) is 1. The highest BCUT2D eigenvalue weighted by molar-refractivity contribution is 5.78. The molecule has 1 amide bonds. The average molecular weight is 170 g/mol. The van der Waals surface area contributed by atoms with E-state index in [2.05, 4.69) is 5.32 Å². The third-order valence-corrected chi connectivity index (χ3v) is 1.85. The van der Waals surface area contributed by atoms with Crippen molar-refractivity contribution in [1.82, 2.24) is 10.2 Å². The van der Waals surface area contributed by atoms with Crippen LogP contribution in [0.3, 0.4) is 0 Å². The molecular formula is C8H14N2O2. The summed E-state index contributed by atoms with van der Waals surface area (Å²) in [5, 5.41) is 2.76. The van der Waals surface area contributed by atoms with Gasteiger partial charge in [0, 0.05) is 26.1 Å². The Labute approximate surface area is 71.9 Å². The van der Waals surface area contributed by atoms with E-state index in [1.165, 1.54) is 0 Å². The number of carbonyl (C=O) groups excluding carboxylic acids is 2. The van der Waals surface area contributed by atoms with Gasteiger partial charge in [-0.1, -0.05) is 0 Å². The normalized spacial score (nSPS) is 19.9. The lowest BCUT2D eigenvalue weighted by atomic mass is 10.3. The Morgan fingerprint density at radius 1 is 1.58 bits per heavy atom. The van der Waals surface area contributed by atoms with E-state index in [9.17, 15) is 9.59 Å². The minimum atomic E-state index is 0.0843. The second-order valence-corrected chi connectivity index (χ2v) is 3.08. The first-order valence-corrected chi connectivity index (χ1v) is 4.17. The fraction of sp³-hybridized carbons (Fsp3) is 0.750. The third kappa shape index (κ3) is 3.00. The average Bonchev–Trinajstić information content (AvgIpc) is 2.15. The lowest BCUT2D eigenvalue weighted by Crippen LogP contribution is -2.32. The molecule has 0 saturated carbocycles. The minimum Gasteiger partial charge on any atom is -0.355 e. The number of amides is 1. The van der Waals surface area contributed by atoms with Crippen LogP contribution in [-0.4, -0.2) is 42.8 Å². The zero-order chi connectivity index (χ0) is 8.97. The SMILES string of the molecule is CC(=O)CN1CCNC(=O)CC1. The molecule has 0 aromatic heterocycles. The molecule has 1 saturated heterocycles. The molecule has 1 heterocycles. The minimum absolute atomic E-state index is 0.0843. The predicted octanol–water partition coefficient (Wildman–Crippen LogP) is -0.603. The van der Waals surface area contributed by atoms with E-state index in [1.807, 2.05) is 4.90 Å². The molecule has 4 heteroatoms. The summed E-state index contributed by atoms with van der Waals surface area (Å²) in [6.07, 6.45) is 0.507. The van der Waals surface area contributed by atoms with Crippen LogP contribution < -0.4 is 5.32 Å². The van der Waals surface area contributed by atoms with Gasteiger partial charge >= 0.3 is 0 Å². The molecule has 0 aromatic rings. The van der Waals surface area contributed by atoms with Gasteiger partial charge in [0.15, 0.2) is 0 Å². The van der Waals surface area contributed by atoms with Crippen LogP contribution in [0, 0.1) is 0 Å². The topological polar surface area (TPSA) is 49.4 Å². The fourth-order valence-electron chi connectivity index (χ4n) is 1.29. The highest BCUT2D eigenvalue weighted by atomic mass is 16.1. The van der Waals surface area contributed by atoms with Gasteiger partial charge in [-0.3, -0.25) is 14.5 Å². The van der Waals surface area contributed by atoms with Crippen molar-refractivity contribution in [3.63, 3.8) is 0 Å². The second-order valence-electron chi connectivity index (χ2n) is 3.08. The Balaban J connectivity index is 2.35. The van der Waals surface area contributed by atoms with Gasteiger partial charge in [0.05, 0.1) is 6.54 Å². The van der Waals surface area contributed by atoms with Crippen LogP contribution in [0.2, 0.25) is 0 Å². The molecule has 1 fully saturated rings. The zero-order valence-corrected chi connectivity index (χ0v) is 7.30. The molecule has 0 bridgehead atoms. The molecule has 0 aliphatic carbocycles. The molecule has 0 radical (unpaired) electrons. The molecule has 1 N–H and O–H groups in total. The van der Waals surface area contributed by atoms with Gasteiger partial charge in [0.2, 0.25) is 5.91 Å². The molecule has 1 rings (SSSR count). The molecule has 0 unspecified atom stereocenters. The van der Waals surface area contributed by atoms with Crippen molar-refractivity contribution in [2.45, 2.75) is 13.3 Å². The van der Waals surface area contributed by atoms with Crippen LogP contribution in [0.25, 0.3) is 0 Å². The van der Waals surface area contributed by atoms with E-state index in [0.29, 0.717) is 26.1 Å². The van der Waals surface area contributed by atoms with Crippen molar-refractivity contribution in [2.24, 2.45) is 0 Å². The van der Waals surface area contributed by atoms with Crippen molar-refractivity contribution >= 4 is 11.7 Å². The summed E-state index contributed by atoms with van der Waals surface area (Å²) in [5.41, 5.74) is 0. The van der Waals surface area contributed by atoms with Crippen molar-refractivity contribution in [3.8, 4) is 0 Å². The largest absolute Gasteiger partial charge is 0.355 e. The number of hydrogen-bond acceptors (Lipinski definition) is 3. The lowest BCUT2D eigenvalue weighted by Gasteiger charge is -2.16. The maximum Gasteiger partial charge on any atom is 0.221 e. The highest BCUT2D eigenvalue weighted by Crippen LogP contribution is 1.95. The monoisotopic (exact) mass is 170 g/mol. The smallest absolute Gasteiger partial charge is 0.221 e. The van der Waals surface area contributed by atoms with Crippen LogP contribution in [0.5, 0.6) is 0 Å². The van der Waals surface area contributed by atoms with Crippen LogP contribution >= 0.6 is 0 Å². The van der Waals surface area contributed by atoms with E-state index in [-0.39, 0.29) is 11.7 Å². The van der Waals surface area contributed by atoms with E-state index in [4.69, 9.17) is 0 Å². The van der Waals surface area contributed by atoms with Crippen LogP contribution in [0.4, 0.5) is 0 Å². The van der Waals surface area contributed by atoms with E-state index in [1.54, 1.807) is 6.92 Å². The maximum atomic E-state index is 10.9. The molecule has 0 aromatic carbocycles. The number of ketones is 1. The molecule has 12 heavy (non-hydrogen) atoms. The first-order chi connectivity index (χ1) is 5.68. The van der Waals surface area contributed by atoms with Crippen molar-refractivity contribution < 1.29 is 9.59 Å². The zero-order valence-electron chi connectivity index (χ0n) is 7.30. The Kier molecular flexibility index (Phi) is 3.22. The molecule has 4 nitrogen and oxygen atoms in total. The standard InChI is InChI=1S/C8H14N2O2/c1-7(11)6-10-4-2-8(12)9-3-5-10/h2-6H2,1H3,(H,9,12). The van der Waals surface area contributed by atoms with Gasteiger partial charge in [-0.05, 0) is 6.92 Å². The lowest BCUT2D eigenvalue weighted by molar-refractivity contribution is -0.121. The number of Topliss-reactive ketones (excluding diaryl/α,β-unsaturated/α-hetero) is 1. The Hall–Kier alpha value is -0.900. The number of carbonyl (C=O) groups is 2. The third-order valence-electron chi connectivity index (χ3n) is 1.85. The maximum absolute atomic E-state index is 10.9. The van der Waals surface area contributed by atoms with E-state index >= 15 is 0 Å². The number of nitrogens with zero attached hydrogens (tertiary/aromatic N) is 1. The van der Waals surface area contributed by atoms with Gasteiger partial charge in [-0.15, -0.1) is 0 Å². The van der Waals surface area contributed by atoms with Crippen LogP contribution in [0.15, 0.2) is 0 Å². The Bertz CT molecular complexity index is 191. The van der Waals surface area contributed by atoms with Gasteiger partial charge in [-0.25, -0.2) is 0 Å². The summed E-state index contributed by atoms with van der Waals surface area (Å²) in [6, 6.07) is 0. The summed E-state index contributed by atoms with van der Waals surface area (Å²) in [7, 11) is 0. The first-order valence-electron chi connectivity index (χ1n) is 4.17. The van der Waals surface area contributed by atoms with Crippen molar-refractivity contribution in [3.05, 3.63) is 0 Å². The second kappa shape index (κ2) is 4.21. The quantitative estimate of drug-likeness (QED) is 0.602. The Morgan fingerprint density at radius 2 is 2.33 bits per heavy atom. The number of hydrogen-bond donors (Lipinski definition) is 1. The molecular weight excluding hydrogens is 156 g/mol. The number of rotatable bonds is 2. The molecule has 68 valence electrons. The van der Waals surface area contributed by atoms with Gasteiger partial charge in [0.25, 0.3) is 0 Å². The summed E-state index contributed by atoms with van der Waals surface area (Å²) in [5.74, 6) is 0.241. The fourth-order valence-corrected chi connectivity index (χ4v) is 1.29. The van der Waals surface area contributed by atoms with Crippen molar-refractivity contribution in [1.29, 1.82) is 0 Å². The highest BCUT2D eigenvalue weighted by Gasteiger charge is 2.13. The predicted molar refractivity (Wildman–Crippen MR) is 44.7 cm³/mol. The summed E-state index contributed by atoms with van der Waals surface area (Å²) in [4.78, 5) is 23.7. The van der Waals surface area contributed by atoms with Gasteiger partial charge in [0.1, 0.15) is 5.78 Å². The molecule has 0 spiro atoms. The van der Waals surface area contributed by atoms with Crippen LogP contribution in [0.1, 0.15) is 13.3 Å². The van der Waals surface area contributed by atoms with Crippen LogP contribution in [-0.2, 0) is 9.59 Å². The van der Waals surface area contributed by atoms with Crippen molar-refractivity contribution in [2.75, 3.05) is 26.2 Å². The summed E-state index contributed by atoms with van der Waals surface area (Å²) >= 11 is 0. The molecule has 1 aliphatic heterocycles. The molecule has 0 atom stereocenters. The first kappa shape index (κ1) is 9.19. The Morgan fingerprint density at radius 3 is 3.00 bits per heavy atom. The van der Waals surface area contributed by atoms with Gasteiger partial charge in [-0.2, -0.15) is 0 Å².